The maximum absolute atomic E-state index is 11.0. The largest absolute Gasteiger partial charge is 0.380 e. The van der Waals surface area contributed by atoms with E-state index in [9.17, 15) is 5.11 Å². The Morgan fingerprint density at radius 3 is 2.17 bits per heavy atom. The van der Waals surface area contributed by atoms with Crippen molar-refractivity contribution in [3.63, 3.8) is 0 Å². The minimum atomic E-state index is -1.14. The van der Waals surface area contributed by atoms with E-state index in [0.29, 0.717) is 22.9 Å². The minimum absolute atomic E-state index is 0.358. The molecule has 0 fully saturated rings. The standard InChI is InChI=1S/C15H14Cl2O/c16-11-10-15(18,12-6-2-1-3-7-12)13-8-4-5-9-14(13)17/h1-9,18H,10-11H2. The summed E-state index contributed by atoms with van der Waals surface area (Å²) in [5, 5.41) is 11.5. The highest BCUT2D eigenvalue weighted by Gasteiger charge is 2.32. The predicted molar refractivity (Wildman–Crippen MR) is 76.2 cm³/mol. The van der Waals surface area contributed by atoms with E-state index in [1.165, 1.54) is 0 Å². The van der Waals surface area contributed by atoms with Gasteiger partial charge < -0.3 is 5.11 Å². The number of alkyl halides is 1. The maximum atomic E-state index is 11.0. The van der Waals surface area contributed by atoms with Crippen LogP contribution >= 0.6 is 23.2 Å². The molecule has 1 nitrogen and oxygen atoms in total. The molecule has 1 N–H and O–H groups in total. The minimum Gasteiger partial charge on any atom is -0.380 e. The van der Waals surface area contributed by atoms with E-state index < -0.39 is 5.60 Å². The molecule has 2 aromatic carbocycles. The van der Waals surface area contributed by atoms with E-state index in [4.69, 9.17) is 23.2 Å². The van der Waals surface area contributed by atoms with Gasteiger partial charge in [-0.15, -0.1) is 11.6 Å². The third-order valence-electron chi connectivity index (χ3n) is 3.03. The van der Waals surface area contributed by atoms with Gasteiger partial charge in [0.05, 0.1) is 0 Å². The quantitative estimate of drug-likeness (QED) is 0.832. The summed E-state index contributed by atoms with van der Waals surface area (Å²) in [6.07, 6.45) is 0.419. The Morgan fingerprint density at radius 2 is 1.56 bits per heavy atom. The van der Waals surface area contributed by atoms with E-state index in [0.717, 1.165) is 5.56 Å². The van der Waals surface area contributed by atoms with E-state index in [1.807, 2.05) is 48.5 Å². The van der Waals surface area contributed by atoms with Gasteiger partial charge >= 0.3 is 0 Å². The first kappa shape index (κ1) is 13.4. The van der Waals surface area contributed by atoms with Gasteiger partial charge in [0.2, 0.25) is 0 Å². The Balaban J connectivity index is 2.55. The number of hydrogen-bond donors (Lipinski definition) is 1. The van der Waals surface area contributed by atoms with Crippen LogP contribution in [0.2, 0.25) is 5.02 Å². The second-order valence-electron chi connectivity index (χ2n) is 4.15. The van der Waals surface area contributed by atoms with Crippen molar-refractivity contribution in [3.05, 3.63) is 70.7 Å². The Labute approximate surface area is 117 Å². The molecule has 0 aromatic heterocycles. The molecule has 94 valence electrons. The van der Waals surface area contributed by atoms with Crippen molar-refractivity contribution in [1.82, 2.24) is 0 Å². The molecule has 0 radical (unpaired) electrons. The zero-order valence-electron chi connectivity index (χ0n) is 9.81. The number of hydrogen-bond acceptors (Lipinski definition) is 1. The summed E-state index contributed by atoms with van der Waals surface area (Å²) in [4.78, 5) is 0. The zero-order chi connectivity index (χ0) is 13.0. The van der Waals surface area contributed by atoms with Crippen LogP contribution in [0.5, 0.6) is 0 Å². The van der Waals surface area contributed by atoms with Crippen LogP contribution in [0.25, 0.3) is 0 Å². The van der Waals surface area contributed by atoms with E-state index >= 15 is 0 Å². The third kappa shape index (κ3) is 2.54. The molecule has 0 saturated heterocycles. The molecular weight excluding hydrogens is 267 g/mol. The summed E-state index contributed by atoms with van der Waals surface area (Å²) < 4.78 is 0. The van der Waals surface area contributed by atoms with Crippen LogP contribution in [-0.4, -0.2) is 11.0 Å². The lowest BCUT2D eigenvalue weighted by Gasteiger charge is -2.29. The van der Waals surface area contributed by atoms with Gasteiger partial charge in [0, 0.05) is 16.5 Å². The third-order valence-corrected chi connectivity index (χ3v) is 3.55. The Kier molecular flexibility index (Phi) is 4.28. The molecule has 2 aromatic rings. The van der Waals surface area contributed by atoms with Gasteiger partial charge in [0.15, 0.2) is 0 Å². The fourth-order valence-corrected chi connectivity index (χ4v) is 2.65. The van der Waals surface area contributed by atoms with E-state index in [-0.39, 0.29) is 0 Å². The lowest BCUT2D eigenvalue weighted by molar-refractivity contribution is 0.0776. The second kappa shape index (κ2) is 5.75. The molecule has 0 amide bonds. The van der Waals surface area contributed by atoms with Crippen molar-refractivity contribution in [2.45, 2.75) is 12.0 Å². The maximum Gasteiger partial charge on any atom is 0.117 e. The van der Waals surface area contributed by atoms with E-state index in [1.54, 1.807) is 6.07 Å². The smallest absolute Gasteiger partial charge is 0.117 e. The van der Waals surface area contributed by atoms with Crippen molar-refractivity contribution >= 4 is 23.2 Å². The molecule has 2 rings (SSSR count). The summed E-state index contributed by atoms with van der Waals surface area (Å²) >= 11 is 12.0. The first-order valence-electron chi connectivity index (χ1n) is 5.77. The molecule has 1 unspecified atom stereocenters. The number of benzene rings is 2. The molecule has 18 heavy (non-hydrogen) atoms. The first-order valence-corrected chi connectivity index (χ1v) is 6.68. The molecule has 0 aliphatic heterocycles. The van der Waals surface area contributed by atoms with Gasteiger partial charge in [0.25, 0.3) is 0 Å². The average Bonchev–Trinajstić information content (AvgIpc) is 2.40. The molecule has 0 spiro atoms. The summed E-state index contributed by atoms with van der Waals surface area (Å²) in [6.45, 7) is 0. The number of halogens is 2. The van der Waals surface area contributed by atoms with Crippen molar-refractivity contribution in [2.75, 3.05) is 5.88 Å². The monoisotopic (exact) mass is 280 g/mol. The molecule has 0 saturated carbocycles. The van der Waals surface area contributed by atoms with Crippen molar-refractivity contribution in [1.29, 1.82) is 0 Å². The summed E-state index contributed by atoms with van der Waals surface area (Å²) in [6, 6.07) is 16.8. The normalized spacial score (nSPS) is 14.2. The lowest BCUT2D eigenvalue weighted by atomic mass is 9.84. The SMILES string of the molecule is OC(CCCl)(c1ccccc1)c1ccccc1Cl. The van der Waals surface area contributed by atoms with Crippen LogP contribution < -0.4 is 0 Å². The fraction of sp³-hybridized carbons (Fsp3) is 0.200. The molecule has 0 heterocycles. The van der Waals surface area contributed by atoms with Gasteiger partial charge in [-0.05, 0) is 18.1 Å². The van der Waals surface area contributed by atoms with Crippen molar-refractivity contribution in [2.24, 2.45) is 0 Å². The zero-order valence-corrected chi connectivity index (χ0v) is 11.3. The van der Waals surface area contributed by atoms with Crippen LogP contribution in [0.1, 0.15) is 17.5 Å². The van der Waals surface area contributed by atoms with Crippen LogP contribution in [0.15, 0.2) is 54.6 Å². The molecule has 0 aliphatic carbocycles. The van der Waals surface area contributed by atoms with Crippen LogP contribution in [0, 0.1) is 0 Å². The van der Waals surface area contributed by atoms with Crippen LogP contribution in [0.3, 0.4) is 0 Å². The second-order valence-corrected chi connectivity index (χ2v) is 4.93. The molecule has 0 aliphatic rings. The highest BCUT2D eigenvalue weighted by atomic mass is 35.5. The van der Waals surface area contributed by atoms with Gasteiger partial charge in [-0.2, -0.15) is 0 Å². The van der Waals surface area contributed by atoms with Gasteiger partial charge in [-0.25, -0.2) is 0 Å². The topological polar surface area (TPSA) is 20.2 Å². The molecule has 3 heteroatoms. The van der Waals surface area contributed by atoms with Crippen molar-refractivity contribution in [3.8, 4) is 0 Å². The van der Waals surface area contributed by atoms with Gasteiger partial charge in [-0.3, -0.25) is 0 Å². The Hall–Kier alpha value is -1.02. The van der Waals surface area contributed by atoms with Crippen LogP contribution in [0.4, 0.5) is 0 Å². The highest BCUT2D eigenvalue weighted by molar-refractivity contribution is 6.31. The summed E-state index contributed by atoms with van der Waals surface area (Å²) in [5.41, 5.74) is 0.360. The average molecular weight is 281 g/mol. The molecule has 0 bridgehead atoms. The highest BCUT2D eigenvalue weighted by Crippen LogP contribution is 2.37. The van der Waals surface area contributed by atoms with E-state index in [2.05, 4.69) is 0 Å². The Morgan fingerprint density at radius 1 is 0.944 bits per heavy atom. The lowest BCUT2D eigenvalue weighted by Crippen LogP contribution is -2.28. The predicted octanol–water partition coefficient (Wildman–Crippen LogP) is 4.20. The Bertz CT molecular complexity index is 513. The summed E-state index contributed by atoms with van der Waals surface area (Å²) in [7, 11) is 0. The summed E-state index contributed by atoms with van der Waals surface area (Å²) in [5.74, 6) is 0.358. The number of aliphatic hydroxyl groups is 1. The number of rotatable bonds is 4. The molecular formula is C15H14Cl2O. The fourth-order valence-electron chi connectivity index (χ4n) is 2.08. The van der Waals surface area contributed by atoms with Crippen molar-refractivity contribution < 1.29 is 5.11 Å². The first-order chi connectivity index (χ1) is 8.68. The van der Waals surface area contributed by atoms with Gasteiger partial charge in [-0.1, -0.05) is 60.1 Å². The molecule has 1 atom stereocenters. The van der Waals surface area contributed by atoms with Gasteiger partial charge in [0.1, 0.15) is 5.60 Å². The van der Waals surface area contributed by atoms with Crippen LogP contribution in [-0.2, 0) is 5.60 Å².